The minimum Gasteiger partial charge on any atom is -0.358 e. The van der Waals surface area contributed by atoms with Gasteiger partial charge in [0, 0.05) is 5.56 Å². The van der Waals surface area contributed by atoms with E-state index in [-0.39, 0.29) is 11.6 Å². The Bertz CT molecular complexity index is 808. The zero-order chi connectivity index (χ0) is 18.5. The average Bonchev–Trinajstić information content (AvgIpc) is 2.67. The standard InChI is InChI=1S/C22H25FN2O/c1-3-24-12-14-25(15-13-24)21-10-8-19(16-20(21)23)22(26)11-9-18-7-5-4-6-17(18)2/h4-11,16H,3,12-15H2,1-2H3/p+1/b11-9+. The Labute approximate surface area is 154 Å². The summed E-state index contributed by atoms with van der Waals surface area (Å²) in [6, 6.07) is 12.7. The second kappa shape index (κ2) is 8.28. The molecule has 4 heteroatoms. The Kier molecular flexibility index (Phi) is 5.84. The predicted octanol–water partition coefficient (Wildman–Crippen LogP) is 2.76. The van der Waals surface area contributed by atoms with Gasteiger partial charge in [0.2, 0.25) is 0 Å². The highest BCUT2D eigenvalue weighted by Gasteiger charge is 2.21. The number of carbonyl (C=O) groups is 1. The van der Waals surface area contributed by atoms with Gasteiger partial charge < -0.3 is 9.80 Å². The molecule has 1 aliphatic heterocycles. The molecule has 0 spiro atoms. The quantitative estimate of drug-likeness (QED) is 0.660. The molecular weight excluding hydrogens is 327 g/mol. The SMILES string of the molecule is CC[NH+]1CCN(c2ccc(C(=O)/C=C/c3ccccc3C)cc2F)CC1. The number of benzene rings is 2. The van der Waals surface area contributed by atoms with Crippen LogP contribution in [0.1, 0.15) is 28.4 Å². The van der Waals surface area contributed by atoms with Crippen LogP contribution in [0.25, 0.3) is 6.08 Å². The molecule has 2 aromatic carbocycles. The van der Waals surface area contributed by atoms with Gasteiger partial charge in [0.15, 0.2) is 5.78 Å². The van der Waals surface area contributed by atoms with Crippen molar-refractivity contribution in [3.05, 3.63) is 71.0 Å². The fourth-order valence-corrected chi connectivity index (χ4v) is 3.37. The Morgan fingerprint density at radius 3 is 2.58 bits per heavy atom. The van der Waals surface area contributed by atoms with Crippen molar-refractivity contribution in [3.63, 3.8) is 0 Å². The molecule has 3 rings (SSSR count). The van der Waals surface area contributed by atoms with Crippen molar-refractivity contribution < 1.29 is 14.1 Å². The van der Waals surface area contributed by atoms with Gasteiger partial charge in [-0.25, -0.2) is 4.39 Å². The molecule has 0 amide bonds. The van der Waals surface area contributed by atoms with E-state index in [1.54, 1.807) is 23.1 Å². The zero-order valence-electron chi connectivity index (χ0n) is 15.5. The number of allylic oxidation sites excluding steroid dienone is 1. The van der Waals surface area contributed by atoms with Crippen LogP contribution in [0.5, 0.6) is 0 Å². The molecule has 0 bridgehead atoms. The second-order valence-electron chi connectivity index (χ2n) is 6.81. The van der Waals surface area contributed by atoms with E-state index in [1.165, 1.54) is 12.1 Å². The summed E-state index contributed by atoms with van der Waals surface area (Å²) < 4.78 is 14.6. The molecular formula is C22H26FN2O+. The second-order valence-corrected chi connectivity index (χ2v) is 6.81. The minimum absolute atomic E-state index is 0.182. The van der Waals surface area contributed by atoms with Crippen LogP contribution in [-0.4, -0.2) is 38.5 Å². The molecule has 0 unspecified atom stereocenters. The normalized spacial score (nSPS) is 15.6. The van der Waals surface area contributed by atoms with Crippen LogP contribution in [0.15, 0.2) is 48.5 Å². The molecule has 26 heavy (non-hydrogen) atoms. The molecule has 1 saturated heterocycles. The first kappa shape index (κ1) is 18.3. The van der Waals surface area contributed by atoms with Gasteiger partial charge in [-0.2, -0.15) is 0 Å². The highest BCUT2D eigenvalue weighted by Crippen LogP contribution is 2.21. The lowest BCUT2D eigenvalue weighted by Crippen LogP contribution is -3.14. The van der Waals surface area contributed by atoms with Crippen LogP contribution in [0.3, 0.4) is 0 Å². The summed E-state index contributed by atoms with van der Waals surface area (Å²) in [6.07, 6.45) is 3.30. The molecule has 1 aliphatic rings. The average molecular weight is 353 g/mol. The molecule has 3 nitrogen and oxygen atoms in total. The largest absolute Gasteiger partial charge is 0.358 e. The van der Waals surface area contributed by atoms with Crippen molar-refractivity contribution in [2.45, 2.75) is 13.8 Å². The van der Waals surface area contributed by atoms with E-state index < -0.39 is 0 Å². The highest BCUT2D eigenvalue weighted by atomic mass is 19.1. The number of aryl methyl sites for hydroxylation is 1. The topological polar surface area (TPSA) is 24.8 Å². The maximum atomic E-state index is 14.6. The third-order valence-corrected chi connectivity index (χ3v) is 5.15. The predicted molar refractivity (Wildman–Crippen MR) is 104 cm³/mol. The van der Waals surface area contributed by atoms with E-state index in [2.05, 4.69) is 11.8 Å². The number of piperazine rings is 1. The van der Waals surface area contributed by atoms with E-state index >= 15 is 0 Å². The maximum Gasteiger partial charge on any atom is 0.185 e. The first-order chi connectivity index (χ1) is 12.6. The van der Waals surface area contributed by atoms with Gasteiger partial charge in [-0.05, 0) is 49.2 Å². The van der Waals surface area contributed by atoms with Crippen LogP contribution >= 0.6 is 0 Å². The van der Waals surface area contributed by atoms with Crippen molar-refractivity contribution in [3.8, 4) is 0 Å². The van der Waals surface area contributed by atoms with Gasteiger partial charge in [0.1, 0.15) is 5.82 Å². The number of nitrogens with zero attached hydrogens (tertiary/aromatic N) is 1. The Morgan fingerprint density at radius 2 is 1.92 bits per heavy atom. The van der Waals surface area contributed by atoms with Gasteiger partial charge in [-0.3, -0.25) is 4.79 Å². The van der Waals surface area contributed by atoms with Crippen molar-refractivity contribution in [2.75, 3.05) is 37.6 Å². The van der Waals surface area contributed by atoms with Crippen molar-refractivity contribution in [1.82, 2.24) is 0 Å². The van der Waals surface area contributed by atoms with Crippen LogP contribution in [-0.2, 0) is 0 Å². The zero-order valence-corrected chi connectivity index (χ0v) is 15.5. The number of carbonyl (C=O) groups excluding carboxylic acids is 1. The van der Waals surface area contributed by atoms with Crippen LogP contribution in [0, 0.1) is 12.7 Å². The van der Waals surface area contributed by atoms with E-state index in [4.69, 9.17) is 0 Å². The number of anilines is 1. The lowest BCUT2D eigenvalue weighted by atomic mass is 10.1. The van der Waals surface area contributed by atoms with E-state index in [9.17, 15) is 9.18 Å². The molecule has 0 aromatic heterocycles. The number of ketones is 1. The number of quaternary nitrogens is 1. The summed E-state index contributed by atoms with van der Waals surface area (Å²) in [7, 11) is 0. The molecule has 0 saturated carbocycles. The molecule has 1 fully saturated rings. The number of nitrogens with one attached hydrogen (secondary N) is 1. The highest BCUT2D eigenvalue weighted by molar-refractivity contribution is 6.07. The van der Waals surface area contributed by atoms with Gasteiger partial charge in [-0.1, -0.05) is 30.3 Å². The van der Waals surface area contributed by atoms with E-state index in [0.29, 0.717) is 11.3 Å². The molecule has 0 aliphatic carbocycles. The molecule has 0 radical (unpaired) electrons. The van der Waals surface area contributed by atoms with E-state index in [1.807, 2.05) is 31.2 Å². The number of rotatable bonds is 5. The Morgan fingerprint density at radius 1 is 1.19 bits per heavy atom. The molecule has 1 heterocycles. The van der Waals surface area contributed by atoms with Gasteiger partial charge in [0.25, 0.3) is 0 Å². The lowest BCUT2D eigenvalue weighted by molar-refractivity contribution is -0.898. The lowest BCUT2D eigenvalue weighted by Gasteiger charge is -2.33. The maximum absolute atomic E-state index is 14.6. The van der Waals surface area contributed by atoms with Gasteiger partial charge in [0.05, 0.1) is 38.4 Å². The number of likely N-dealkylation sites (N-methyl/N-ethyl adjacent to an activating group) is 1. The molecule has 136 valence electrons. The molecule has 1 N–H and O–H groups in total. The Hall–Kier alpha value is -2.46. The monoisotopic (exact) mass is 353 g/mol. The summed E-state index contributed by atoms with van der Waals surface area (Å²) in [5.41, 5.74) is 3.08. The summed E-state index contributed by atoms with van der Waals surface area (Å²) in [4.78, 5) is 16.0. The van der Waals surface area contributed by atoms with Crippen molar-refractivity contribution in [1.29, 1.82) is 0 Å². The van der Waals surface area contributed by atoms with Crippen LogP contribution < -0.4 is 9.80 Å². The Balaban J connectivity index is 1.71. The minimum atomic E-state index is -0.319. The summed E-state index contributed by atoms with van der Waals surface area (Å²) in [6.45, 7) is 9.03. The summed E-state index contributed by atoms with van der Waals surface area (Å²) >= 11 is 0. The molecule has 0 atom stereocenters. The molecule has 2 aromatic rings. The van der Waals surface area contributed by atoms with Crippen LogP contribution in [0.2, 0.25) is 0 Å². The van der Waals surface area contributed by atoms with Crippen LogP contribution in [0.4, 0.5) is 10.1 Å². The first-order valence-corrected chi connectivity index (χ1v) is 9.24. The van der Waals surface area contributed by atoms with Gasteiger partial charge >= 0.3 is 0 Å². The first-order valence-electron chi connectivity index (χ1n) is 9.24. The number of hydrogen-bond donors (Lipinski definition) is 1. The third-order valence-electron chi connectivity index (χ3n) is 5.15. The summed E-state index contributed by atoms with van der Waals surface area (Å²) in [5.74, 6) is -0.501. The van der Waals surface area contributed by atoms with Crippen molar-refractivity contribution in [2.24, 2.45) is 0 Å². The summed E-state index contributed by atoms with van der Waals surface area (Å²) in [5, 5.41) is 0. The van der Waals surface area contributed by atoms with Gasteiger partial charge in [-0.15, -0.1) is 0 Å². The third kappa shape index (κ3) is 4.20. The smallest absolute Gasteiger partial charge is 0.185 e. The number of halogens is 1. The fourth-order valence-electron chi connectivity index (χ4n) is 3.37. The fraction of sp³-hybridized carbons (Fsp3) is 0.318. The van der Waals surface area contributed by atoms with Crippen molar-refractivity contribution >= 4 is 17.5 Å². The number of hydrogen-bond acceptors (Lipinski definition) is 2. The van der Waals surface area contributed by atoms with E-state index in [0.717, 1.165) is 43.9 Å².